The van der Waals surface area contributed by atoms with Gasteiger partial charge in [0.1, 0.15) is 18.4 Å². The Morgan fingerprint density at radius 2 is 1.72 bits per heavy atom. The molecule has 39 heavy (non-hydrogen) atoms. The molecule has 0 heterocycles. The van der Waals surface area contributed by atoms with Crippen molar-refractivity contribution in [3.05, 3.63) is 93.7 Å². The maximum atomic E-state index is 13.9. The summed E-state index contributed by atoms with van der Waals surface area (Å²) in [5.74, 6) is -1.69. The molecule has 0 saturated heterocycles. The first-order chi connectivity index (χ1) is 18.5. The lowest BCUT2D eigenvalue weighted by atomic mass is 10.1. The van der Waals surface area contributed by atoms with Crippen LogP contribution in [-0.2, 0) is 26.2 Å². The van der Waals surface area contributed by atoms with Crippen molar-refractivity contribution in [1.82, 2.24) is 10.2 Å². The second-order valence-electron chi connectivity index (χ2n) is 8.89. The molecule has 0 aliphatic carbocycles. The average molecular weight is 639 g/mol. The summed E-state index contributed by atoms with van der Waals surface area (Å²) in [4.78, 5) is 28.1. The van der Waals surface area contributed by atoms with E-state index in [-0.39, 0.29) is 28.1 Å². The number of unbranched alkanes of at least 4 members (excludes halogenated alkanes) is 1. The number of rotatable bonds is 12. The van der Waals surface area contributed by atoms with Crippen molar-refractivity contribution in [2.24, 2.45) is 0 Å². The van der Waals surface area contributed by atoms with Crippen LogP contribution in [-0.4, -0.2) is 44.3 Å². The third-order valence-electron chi connectivity index (χ3n) is 6.06. The largest absolute Gasteiger partial charge is 0.354 e. The maximum Gasteiger partial charge on any atom is 0.264 e. The Hall–Kier alpha value is -2.95. The number of anilines is 1. The Labute approximate surface area is 242 Å². The van der Waals surface area contributed by atoms with Gasteiger partial charge in [-0.3, -0.25) is 13.9 Å². The molecule has 0 fully saturated rings. The highest BCUT2D eigenvalue weighted by Crippen LogP contribution is 2.28. The van der Waals surface area contributed by atoms with Crippen LogP contribution in [0.2, 0.25) is 5.02 Å². The minimum Gasteiger partial charge on any atom is -0.354 e. The summed E-state index contributed by atoms with van der Waals surface area (Å²) < 4.78 is 43.1. The Morgan fingerprint density at radius 1 is 1.05 bits per heavy atom. The summed E-state index contributed by atoms with van der Waals surface area (Å²) in [6.45, 7) is 3.49. The molecule has 3 aromatic rings. The van der Waals surface area contributed by atoms with Crippen molar-refractivity contribution >= 4 is 55.1 Å². The van der Waals surface area contributed by atoms with Crippen LogP contribution < -0.4 is 9.62 Å². The van der Waals surface area contributed by atoms with Crippen LogP contribution in [0.1, 0.15) is 32.3 Å². The molecule has 0 radical (unpaired) electrons. The van der Waals surface area contributed by atoms with Gasteiger partial charge in [-0.25, -0.2) is 12.8 Å². The van der Waals surface area contributed by atoms with Gasteiger partial charge in [0.25, 0.3) is 10.0 Å². The molecule has 0 aliphatic rings. The number of amides is 2. The number of nitrogens with one attached hydrogen (secondary N) is 1. The summed E-state index contributed by atoms with van der Waals surface area (Å²) in [6, 6.07) is 17.4. The Balaban J connectivity index is 2.00. The average Bonchev–Trinajstić information content (AvgIpc) is 2.93. The standard InChI is InChI=1S/C28H30BrClFN3O4S/c1-3-4-16-32-28(36)20(2)33(18-21-10-12-22(29)13-11-21)27(35)19-34(23-14-15-26(31)25(30)17-23)39(37,38)24-8-6-5-7-9-24/h5-15,17,20H,3-4,16,18-19H2,1-2H3,(H,32,36)/t20-/m0/s1. The van der Waals surface area contributed by atoms with Crippen LogP contribution in [0, 0.1) is 5.82 Å². The first-order valence-corrected chi connectivity index (χ1v) is 15.0. The molecule has 0 spiro atoms. The van der Waals surface area contributed by atoms with E-state index < -0.39 is 34.3 Å². The topological polar surface area (TPSA) is 86.8 Å². The molecule has 0 aromatic heterocycles. The maximum absolute atomic E-state index is 13.9. The number of carbonyl (C=O) groups is 2. The molecule has 11 heteroatoms. The number of nitrogens with zero attached hydrogens (tertiary/aromatic N) is 2. The van der Waals surface area contributed by atoms with E-state index in [4.69, 9.17) is 11.6 Å². The fraction of sp³-hybridized carbons (Fsp3) is 0.286. The van der Waals surface area contributed by atoms with Crippen LogP contribution >= 0.6 is 27.5 Å². The number of halogens is 3. The van der Waals surface area contributed by atoms with Gasteiger partial charge < -0.3 is 10.2 Å². The fourth-order valence-electron chi connectivity index (χ4n) is 3.79. The van der Waals surface area contributed by atoms with Crippen LogP contribution in [0.5, 0.6) is 0 Å². The monoisotopic (exact) mass is 637 g/mol. The van der Waals surface area contributed by atoms with Crippen molar-refractivity contribution < 1.29 is 22.4 Å². The molecule has 0 saturated carbocycles. The normalized spacial score (nSPS) is 12.0. The van der Waals surface area contributed by atoms with Gasteiger partial charge in [0.15, 0.2) is 0 Å². The Kier molecular flexibility index (Phi) is 10.9. The summed E-state index contributed by atoms with van der Waals surface area (Å²) >= 11 is 9.36. The van der Waals surface area contributed by atoms with Gasteiger partial charge in [0, 0.05) is 17.6 Å². The number of sulfonamides is 1. The molecular weight excluding hydrogens is 609 g/mol. The van der Waals surface area contributed by atoms with E-state index in [1.165, 1.54) is 23.1 Å². The molecule has 1 atom stereocenters. The minimum absolute atomic E-state index is 0.0160. The van der Waals surface area contributed by atoms with Gasteiger partial charge in [-0.05, 0) is 61.4 Å². The molecule has 2 amide bonds. The van der Waals surface area contributed by atoms with Crippen LogP contribution in [0.15, 0.2) is 82.2 Å². The number of hydrogen-bond donors (Lipinski definition) is 1. The molecule has 1 N–H and O–H groups in total. The minimum atomic E-state index is -4.26. The van der Waals surface area contributed by atoms with Crippen molar-refractivity contribution in [2.75, 3.05) is 17.4 Å². The molecule has 3 aromatic carbocycles. The SMILES string of the molecule is CCCCNC(=O)[C@H](C)N(Cc1ccc(Br)cc1)C(=O)CN(c1ccc(F)c(Cl)c1)S(=O)(=O)c1ccccc1. The smallest absolute Gasteiger partial charge is 0.264 e. The molecule has 208 valence electrons. The summed E-state index contributed by atoms with van der Waals surface area (Å²) in [7, 11) is -4.26. The highest BCUT2D eigenvalue weighted by atomic mass is 79.9. The molecule has 0 aliphatic heterocycles. The van der Waals surface area contributed by atoms with E-state index >= 15 is 0 Å². The van der Waals surface area contributed by atoms with E-state index in [1.54, 1.807) is 25.1 Å². The zero-order chi connectivity index (χ0) is 28.6. The third-order valence-corrected chi connectivity index (χ3v) is 8.67. The van der Waals surface area contributed by atoms with Crippen molar-refractivity contribution in [3.63, 3.8) is 0 Å². The van der Waals surface area contributed by atoms with E-state index in [1.807, 2.05) is 31.2 Å². The van der Waals surface area contributed by atoms with Crippen molar-refractivity contribution in [1.29, 1.82) is 0 Å². The number of carbonyl (C=O) groups excluding carboxylic acids is 2. The van der Waals surface area contributed by atoms with Crippen molar-refractivity contribution in [3.8, 4) is 0 Å². The van der Waals surface area contributed by atoms with E-state index in [0.717, 1.165) is 39.3 Å². The summed E-state index contributed by atoms with van der Waals surface area (Å²) in [6.07, 6.45) is 1.68. The molecule has 0 unspecified atom stereocenters. The highest BCUT2D eigenvalue weighted by molar-refractivity contribution is 9.10. The molecule has 0 bridgehead atoms. The predicted molar refractivity (Wildman–Crippen MR) is 154 cm³/mol. The summed E-state index contributed by atoms with van der Waals surface area (Å²) in [5.41, 5.74) is 0.768. The zero-order valence-corrected chi connectivity index (χ0v) is 24.8. The van der Waals surface area contributed by atoms with Gasteiger partial charge in [-0.15, -0.1) is 0 Å². The first kappa shape index (κ1) is 30.6. The van der Waals surface area contributed by atoms with Gasteiger partial charge >= 0.3 is 0 Å². The van der Waals surface area contributed by atoms with Gasteiger partial charge in [-0.2, -0.15) is 0 Å². The lowest BCUT2D eigenvalue weighted by molar-refractivity contribution is -0.139. The Morgan fingerprint density at radius 3 is 2.33 bits per heavy atom. The molecular formula is C28H30BrClFN3O4S. The van der Waals surface area contributed by atoms with Gasteiger partial charge in [0.2, 0.25) is 11.8 Å². The molecule has 3 rings (SSSR count). The van der Waals surface area contributed by atoms with Crippen LogP contribution in [0.4, 0.5) is 10.1 Å². The van der Waals surface area contributed by atoms with Crippen molar-refractivity contribution in [2.45, 2.75) is 44.2 Å². The van der Waals surface area contributed by atoms with Crippen LogP contribution in [0.3, 0.4) is 0 Å². The van der Waals surface area contributed by atoms with E-state index in [2.05, 4.69) is 21.2 Å². The van der Waals surface area contributed by atoms with Gasteiger partial charge in [0.05, 0.1) is 15.6 Å². The number of hydrogen-bond acceptors (Lipinski definition) is 4. The fourth-order valence-corrected chi connectivity index (χ4v) is 5.66. The first-order valence-electron chi connectivity index (χ1n) is 12.4. The molecule has 7 nitrogen and oxygen atoms in total. The second kappa shape index (κ2) is 13.9. The lowest BCUT2D eigenvalue weighted by Crippen LogP contribution is -2.51. The Bertz CT molecular complexity index is 1390. The lowest BCUT2D eigenvalue weighted by Gasteiger charge is -2.32. The van der Waals surface area contributed by atoms with Gasteiger partial charge in [-0.1, -0.05) is 71.2 Å². The highest BCUT2D eigenvalue weighted by Gasteiger charge is 2.32. The zero-order valence-electron chi connectivity index (χ0n) is 21.6. The summed E-state index contributed by atoms with van der Waals surface area (Å²) in [5, 5.41) is 2.55. The second-order valence-corrected chi connectivity index (χ2v) is 12.1. The van der Waals surface area contributed by atoms with E-state index in [0.29, 0.717) is 6.54 Å². The number of benzene rings is 3. The van der Waals surface area contributed by atoms with E-state index in [9.17, 15) is 22.4 Å². The predicted octanol–water partition coefficient (Wildman–Crippen LogP) is 5.77. The van der Waals surface area contributed by atoms with Crippen LogP contribution in [0.25, 0.3) is 0 Å². The third kappa shape index (κ3) is 8.03. The quantitative estimate of drug-likeness (QED) is 0.255.